The lowest BCUT2D eigenvalue weighted by molar-refractivity contribution is 0.0911. The predicted octanol–water partition coefficient (Wildman–Crippen LogP) is 2.18. The summed E-state index contributed by atoms with van der Waals surface area (Å²) in [7, 11) is 0. The first-order valence-electron chi connectivity index (χ1n) is 7.49. The largest absolute Gasteiger partial charge is 0.399 e. The molecule has 1 saturated heterocycles. The SMILES string of the molecule is CCCN1CCC(NC(=O)c2ccc(N)c(C)c2)CC1. The maximum atomic E-state index is 12.2. The molecular weight excluding hydrogens is 250 g/mol. The zero-order chi connectivity index (χ0) is 14.5. The van der Waals surface area contributed by atoms with E-state index in [1.807, 2.05) is 13.0 Å². The third kappa shape index (κ3) is 3.73. The number of carbonyl (C=O) groups excluding carboxylic acids is 1. The number of nitrogens with zero attached hydrogens (tertiary/aromatic N) is 1. The van der Waals surface area contributed by atoms with Crippen LogP contribution in [0.4, 0.5) is 5.69 Å². The minimum atomic E-state index is 0.0158. The maximum absolute atomic E-state index is 12.2. The number of piperidine rings is 1. The summed E-state index contributed by atoms with van der Waals surface area (Å²) in [6.45, 7) is 7.46. The topological polar surface area (TPSA) is 58.4 Å². The van der Waals surface area contributed by atoms with Gasteiger partial charge in [0.1, 0.15) is 0 Å². The van der Waals surface area contributed by atoms with Crippen LogP contribution < -0.4 is 11.1 Å². The molecule has 0 saturated carbocycles. The summed E-state index contributed by atoms with van der Waals surface area (Å²) in [5.74, 6) is 0.0158. The Balaban J connectivity index is 1.87. The van der Waals surface area contributed by atoms with Crippen LogP contribution in [-0.4, -0.2) is 36.5 Å². The summed E-state index contributed by atoms with van der Waals surface area (Å²) < 4.78 is 0. The number of hydrogen-bond donors (Lipinski definition) is 2. The van der Waals surface area contributed by atoms with Crippen molar-refractivity contribution < 1.29 is 4.79 Å². The fraction of sp³-hybridized carbons (Fsp3) is 0.562. The zero-order valence-electron chi connectivity index (χ0n) is 12.5. The molecule has 1 heterocycles. The average Bonchev–Trinajstić information content (AvgIpc) is 2.44. The van der Waals surface area contributed by atoms with Gasteiger partial charge in [-0.3, -0.25) is 4.79 Å². The van der Waals surface area contributed by atoms with E-state index in [-0.39, 0.29) is 5.91 Å². The van der Waals surface area contributed by atoms with Gasteiger partial charge in [0.2, 0.25) is 0 Å². The molecule has 2 rings (SSSR count). The van der Waals surface area contributed by atoms with Crippen molar-refractivity contribution in [3.8, 4) is 0 Å². The molecule has 110 valence electrons. The molecule has 1 fully saturated rings. The van der Waals surface area contributed by atoms with E-state index in [4.69, 9.17) is 5.73 Å². The molecule has 1 aromatic rings. The van der Waals surface area contributed by atoms with Crippen LogP contribution in [0.1, 0.15) is 42.1 Å². The summed E-state index contributed by atoms with van der Waals surface area (Å²) in [5.41, 5.74) is 8.17. The van der Waals surface area contributed by atoms with Crippen LogP contribution in [0.5, 0.6) is 0 Å². The molecule has 0 unspecified atom stereocenters. The molecule has 0 aromatic heterocycles. The number of anilines is 1. The van der Waals surface area contributed by atoms with Crippen LogP contribution in [0.15, 0.2) is 18.2 Å². The first kappa shape index (κ1) is 14.9. The molecule has 0 radical (unpaired) electrons. The number of rotatable bonds is 4. The second-order valence-electron chi connectivity index (χ2n) is 5.66. The van der Waals surface area contributed by atoms with Crippen LogP contribution in [0.25, 0.3) is 0 Å². The van der Waals surface area contributed by atoms with Crippen molar-refractivity contribution in [1.29, 1.82) is 0 Å². The van der Waals surface area contributed by atoms with Gasteiger partial charge in [0.15, 0.2) is 0 Å². The van der Waals surface area contributed by atoms with Gasteiger partial charge in [-0.2, -0.15) is 0 Å². The zero-order valence-corrected chi connectivity index (χ0v) is 12.5. The van der Waals surface area contributed by atoms with Crippen molar-refractivity contribution in [2.75, 3.05) is 25.4 Å². The third-order valence-electron chi connectivity index (χ3n) is 3.99. The Kier molecular flexibility index (Phi) is 5.01. The summed E-state index contributed by atoms with van der Waals surface area (Å²) in [6, 6.07) is 5.75. The van der Waals surface area contributed by atoms with Crippen LogP contribution >= 0.6 is 0 Å². The minimum absolute atomic E-state index is 0.0158. The van der Waals surface area contributed by atoms with Crippen LogP contribution in [0.3, 0.4) is 0 Å². The van der Waals surface area contributed by atoms with Gasteiger partial charge < -0.3 is 16.0 Å². The molecule has 20 heavy (non-hydrogen) atoms. The number of amides is 1. The van der Waals surface area contributed by atoms with Crippen molar-refractivity contribution in [3.05, 3.63) is 29.3 Å². The number of likely N-dealkylation sites (tertiary alicyclic amines) is 1. The smallest absolute Gasteiger partial charge is 0.251 e. The molecule has 1 amide bonds. The average molecular weight is 275 g/mol. The van der Waals surface area contributed by atoms with Crippen molar-refractivity contribution in [2.45, 2.75) is 39.2 Å². The highest BCUT2D eigenvalue weighted by atomic mass is 16.1. The highest BCUT2D eigenvalue weighted by Gasteiger charge is 2.20. The number of nitrogen functional groups attached to an aromatic ring is 1. The normalized spacial score (nSPS) is 17.1. The van der Waals surface area contributed by atoms with Gasteiger partial charge in [-0.25, -0.2) is 0 Å². The van der Waals surface area contributed by atoms with Gasteiger partial charge in [-0.05, 0) is 56.5 Å². The van der Waals surface area contributed by atoms with E-state index in [9.17, 15) is 4.79 Å². The first-order valence-corrected chi connectivity index (χ1v) is 7.49. The summed E-state index contributed by atoms with van der Waals surface area (Å²) in [4.78, 5) is 14.7. The predicted molar refractivity (Wildman–Crippen MR) is 82.8 cm³/mol. The lowest BCUT2D eigenvalue weighted by Crippen LogP contribution is -2.44. The highest BCUT2D eigenvalue weighted by molar-refractivity contribution is 5.95. The molecule has 4 nitrogen and oxygen atoms in total. The summed E-state index contributed by atoms with van der Waals surface area (Å²) >= 11 is 0. The Bertz CT molecular complexity index is 465. The van der Waals surface area contributed by atoms with E-state index in [1.165, 1.54) is 6.42 Å². The Morgan fingerprint density at radius 3 is 2.70 bits per heavy atom. The Morgan fingerprint density at radius 2 is 2.10 bits per heavy atom. The first-order chi connectivity index (χ1) is 9.60. The lowest BCUT2D eigenvalue weighted by Gasteiger charge is -2.32. The van der Waals surface area contributed by atoms with Crippen LogP contribution in [0.2, 0.25) is 0 Å². The summed E-state index contributed by atoms with van der Waals surface area (Å²) in [6.07, 6.45) is 3.28. The molecule has 0 aliphatic carbocycles. The maximum Gasteiger partial charge on any atom is 0.251 e. The van der Waals surface area contributed by atoms with E-state index in [1.54, 1.807) is 12.1 Å². The van der Waals surface area contributed by atoms with Crippen LogP contribution in [-0.2, 0) is 0 Å². The van der Waals surface area contributed by atoms with E-state index in [2.05, 4.69) is 17.1 Å². The van der Waals surface area contributed by atoms with E-state index in [0.717, 1.165) is 43.7 Å². The molecule has 3 N–H and O–H groups in total. The number of nitrogens with one attached hydrogen (secondary N) is 1. The monoisotopic (exact) mass is 275 g/mol. The van der Waals surface area contributed by atoms with Crippen molar-refractivity contribution in [1.82, 2.24) is 10.2 Å². The molecular formula is C16H25N3O. The highest BCUT2D eigenvalue weighted by Crippen LogP contribution is 2.15. The molecule has 1 aliphatic heterocycles. The quantitative estimate of drug-likeness (QED) is 0.828. The number of carbonyl (C=O) groups is 1. The van der Waals surface area contributed by atoms with Gasteiger partial charge >= 0.3 is 0 Å². The Labute approximate surface area is 121 Å². The number of aryl methyl sites for hydroxylation is 1. The van der Waals surface area contributed by atoms with E-state index < -0.39 is 0 Å². The second kappa shape index (κ2) is 6.75. The number of hydrogen-bond acceptors (Lipinski definition) is 3. The van der Waals surface area contributed by atoms with Gasteiger partial charge in [-0.1, -0.05) is 6.92 Å². The molecule has 0 atom stereocenters. The van der Waals surface area contributed by atoms with Gasteiger partial charge in [0, 0.05) is 30.4 Å². The Hall–Kier alpha value is -1.55. The summed E-state index contributed by atoms with van der Waals surface area (Å²) in [5, 5.41) is 3.14. The third-order valence-corrected chi connectivity index (χ3v) is 3.99. The number of nitrogens with two attached hydrogens (primary N) is 1. The number of benzene rings is 1. The van der Waals surface area contributed by atoms with Gasteiger partial charge in [0.25, 0.3) is 5.91 Å². The minimum Gasteiger partial charge on any atom is -0.399 e. The van der Waals surface area contributed by atoms with Crippen LogP contribution in [0, 0.1) is 6.92 Å². The molecule has 0 bridgehead atoms. The van der Waals surface area contributed by atoms with E-state index >= 15 is 0 Å². The van der Waals surface area contributed by atoms with Crippen molar-refractivity contribution in [2.24, 2.45) is 0 Å². The molecule has 1 aromatic carbocycles. The van der Waals surface area contributed by atoms with Gasteiger partial charge in [-0.15, -0.1) is 0 Å². The fourth-order valence-electron chi connectivity index (χ4n) is 2.70. The van der Waals surface area contributed by atoms with Gasteiger partial charge in [0.05, 0.1) is 0 Å². The van der Waals surface area contributed by atoms with Crippen molar-refractivity contribution >= 4 is 11.6 Å². The lowest BCUT2D eigenvalue weighted by atomic mass is 10.0. The Morgan fingerprint density at radius 1 is 1.40 bits per heavy atom. The second-order valence-corrected chi connectivity index (χ2v) is 5.66. The fourth-order valence-corrected chi connectivity index (χ4v) is 2.70. The van der Waals surface area contributed by atoms with Crippen molar-refractivity contribution in [3.63, 3.8) is 0 Å². The van der Waals surface area contributed by atoms with E-state index in [0.29, 0.717) is 11.6 Å². The molecule has 0 spiro atoms. The molecule has 1 aliphatic rings. The molecule has 4 heteroatoms. The standard InChI is InChI=1S/C16H25N3O/c1-3-8-19-9-6-14(7-10-19)18-16(20)13-4-5-15(17)12(2)11-13/h4-5,11,14H,3,6-10,17H2,1-2H3,(H,18,20).